The lowest BCUT2D eigenvalue weighted by atomic mass is 9.87. The number of nitrogens with two attached hydrogens (primary N) is 2. The predicted octanol–water partition coefficient (Wildman–Crippen LogP) is 3.60. The van der Waals surface area contributed by atoms with Crippen LogP contribution < -0.4 is 16.4 Å². The maximum atomic E-state index is 13.2. The van der Waals surface area contributed by atoms with Crippen LogP contribution in [0.5, 0.6) is 0 Å². The molecule has 1 spiro atoms. The van der Waals surface area contributed by atoms with Crippen molar-refractivity contribution >= 4 is 17.6 Å². The van der Waals surface area contributed by atoms with Crippen molar-refractivity contribution in [3.63, 3.8) is 0 Å². The molecule has 4 rings (SSSR count). The van der Waals surface area contributed by atoms with Gasteiger partial charge in [-0.3, -0.25) is 4.90 Å². The number of rotatable bonds is 2. The van der Waals surface area contributed by atoms with Gasteiger partial charge >= 0.3 is 0 Å². The summed E-state index contributed by atoms with van der Waals surface area (Å²) in [6.45, 7) is 0. The van der Waals surface area contributed by atoms with Gasteiger partial charge in [-0.2, -0.15) is 4.99 Å². The molecule has 2 aromatic rings. The minimum Gasteiger partial charge on any atom is -0.369 e. The van der Waals surface area contributed by atoms with Gasteiger partial charge in [0.05, 0.1) is 0 Å². The zero-order chi connectivity index (χ0) is 18.1. The molecule has 134 valence electrons. The van der Waals surface area contributed by atoms with Crippen LogP contribution in [0.25, 0.3) is 11.1 Å². The Bertz CT molecular complexity index is 866. The van der Waals surface area contributed by atoms with Gasteiger partial charge in [0.1, 0.15) is 11.5 Å². The summed E-state index contributed by atoms with van der Waals surface area (Å²) in [5, 5.41) is 0. The second-order valence-electron chi connectivity index (χ2n) is 6.88. The molecular formula is C20H22FN5. The highest BCUT2D eigenvalue weighted by Gasteiger charge is 2.42. The van der Waals surface area contributed by atoms with Gasteiger partial charge in [0, 0.05) is 5.69 Å². The first-order valence-corrected chi connectivity index (χ1v) is 8.93. The summed E-state index contributed by atoms with van der Waals surface area (Å²) in [4.78, 5) is 10.9. The topological polar surface area (TPSA) is 80.0 Å². The molecule has 1 saturated carbocycles. The van der Waals surface area contributed by atoms with Gasteiger partial charge in [-0.15, -0.1) is 0 Å². The summed E-state index contributed by atoms with van der Waals surface area (Å²) in [6.07, 6.45) is 5.14. The lowest BCUT2D eigenvalue weighted by Crippen LogP contribution is -2.58. The SMILES string of the molecule is NC1=NC2(CCCCC2)N(c2cccc(-c3ccc(F)cc3)c2)C(N)=N1. The Hall–Kier alpha value is -2.89. The number of aliphatic imine (C=N–C) groups is 2. The molecule has 0 saturated heterocycles. The molecule has 1 fully saturated rings. The first-order valence-electron chi connectivity index (χ1n) is 8.93. The van der Waals surface area contributed by atoms with Crippen molar-refractivity contribution < 1.29 is 4.39 Å². The van der Waals surface area contributed by atoms with E-state index in [1.165, 1.54) is 18.6 Å². The van der Waals surface area contributed by atoms with Crippen molar-refractivity contribution in [2.75, 3.05) is 4.90 Å². The highest BCUT2D eigenvalue weighted by molar-refractivity contribution is 6.05. The molecule has 5 nitrogen and oxygen atoms in total. The molecule has 1 aliphatic heterocycles. The molecule has 6 heteroatoms. The molecule has 2 aliphatic rings. The number of hydrogen-bond acceptors (Lipinski definition) is 5. The highest BCUT2D eigenvalue weighted by Crippen LogP contribution is 2.40. The summed E-state index contributed by atoms with van der Waals surface area (Å²) >= 11 is 0. The quantitative estimate of drug-likeness (QED) is 0.867. The van der Waals surface area contributed by atoms with E-state index in [0.717, 1.165) is 42.5 Å². The van der Waals surface area contributed by atoms with Crippen LogP contribution in [-0.2, 0) is 0 Å². The Labute approximate surface area is 152 Å². The van der Waals surface area contributed by atoms with Crippen LogP contribution >= 0.6 is 0 Å². The van der Waals surface area contributed by atoms with E-state index in [0.29, 0.717) is 5.96 Å². The minimum atomic E-state index is -0.463. The summed E-state index contributed by atoms with van der Waals surface area (Å²) in [7, 11) is 0. The zero-order valence-electron chi connectivity index (χ0n) is 14.5. The fourth-order valence-electron chi connectivity index (χ4n) is 3.96. The highest BCUT2D eigenvalue weighted by atomic mass is 19.1. The summed E-state index contributed by atoms with van der Waals surface area (Å²) in [5.74, 6) is 0.370. The van der Waals surface area contributed by atoms with Crippen molar-refractivity contribution in [3.05, 3.63) is 54.3 Å². The average Bonchev–Trinajstić information content (AvgIpc) is 2.62. The van der Waals surface area contributed by atoms with E-state index in [-0.39, 0.29) is 11.8 Å². The second-order valence-corrected chi connectivity index (χ2v) is 6.88. The van der Waals surface area contributed by atoms with Gasteiger partial charge in [0.15, 0.2) is 0 Å². The van der Waals surface area contributed by atoms with Gasteiger partial charge < -0.3 is 11.5 Å². The molecule has 0 aromatic heterocycles. The number of guanidine groups is 2. The number of benzene rings is 2. The van der Waals surface area contributed by atoms with E-state index in [1.54, 1.807) is 12.1 Å². The Kier molecular flexibility index (Phi) is 4.11. The average molecular weight is 351 g/mol. The molecule has 4 N–H and O–H groups in total. The molecule has 26 heavy (non-hydrogen) atoms. The molecule has 0 unspecified atom stereocenters. The Morgan fingerprint density at radius 1 is 0.923 bits per heavy atom. The van der Waals surface area contributed by atoms with Crippen molar-refractivity contribution in [2.45, 2.75) is 37.8 Å². The maximum absolute atomic E-state index is 13.2. The maximum Gasteiger partial charge on any atom is 0.220 e. The van der Waals surface area contributed by atoms with E-state index < -0.39 is 5.66 Å². The first kappa shape index (κ1) is 16.6. The van der Waals surface area contributed by atoms with Gasteiger partial charge in [0.2, 0.25) is 11.9 Å². The summed E-state index contributed by atoms with van der Waals surface area (Å²) < 4.78 is 13.2. The van der Waals surface area contributed by atoms with Gasteiger partial charge in [0.25, 0.3) is 0 Å². The van der Waals surface area contributed by atoms with Crippen molar-refractivity contribution in [1.29, 1.82) is 0 Å². The fourth-order valence-corrected chi connectivity index (χ4v) is 3.96. The first-order chi connectivity index (χ1) is 12.6. The number of halogens is 1. The third kappa shape index (κ3) is 2.92. The van der Waals surface area contributed by atoms with Gasteiger partial charge in [-0.25, -0.2) is 9.38 Å². The van der Waals surface area contributed by atoms with Crippen molar-refractivity contribution in [1.82, 2.24) is 0 Å². The van der Waals surface area contributed by atoms with Crippen LogP contribution in [0.1, 0.15) is 32.1 Å². The molecule has 0 radical (unpaired) electrons. The lowest BCUT2D eigenvalue weighted by molar-refractivity contribution is 0.305. The zero-order valence-corrected chi connectivity index (χ0v) is 14.5. The Balaban J connectivity index is 1.77. The van der Waals surface area contributed by atoms with E-state index >= 15 is 0 Å². The molecule has 0 amide bonds. The predicted molar refractivity (Wildman–Crippen MR) is 103 cm³/mol. The largest absolute Gasteiger partial charge is 0.369 e. The van der Waals surface area contributed by atoms with Crippen molar-refractivity contribution in [2.24, 2.45) is 21.5 Å². The van der Waals surface area contributed by atoms with Crippen LogP contribution in [0.2, 0.25) is 0 Å². The summed E-state index contributed by atoms with van der Waals surface area (Å²) in [5.41, 5.74) is 14.6. The molecule has 2 aromatic carbocycles. The monoisotopic (exact) mass is 351 g/mol. The van der Waals surface area contributed by atoms with Crippen LogP contribution in [0.15, 0.2) is 58.5 Å². The fraction of sp³-hybridized carbons (Fsp3) is 0.300. The molecule has 0 atom stereocenters. The van der Waals surface area contributed by atoms with Crippen LogP contribution in [0, 0.1) is 5.82 Å². The van der Waals surface area contributed by atoms with Crippen molar-refractivity contribution in [3.8, 4) is 11.1 Å². The third-order valence-corrected chi connectivity index (χ3v) is 5.13. The Morgan fingerprint density at radius 2 is 1.65 bits per heavy atom. The summed E-state index contributed by atoms with van der Waals surface area (Å²) in [6, 6.07) is 14.5. The second kappa shape index (κ2) is 6.44. The van der Waals surface area contributed by atoms with E-state index in [1.807, 2.05) is 29.2 Å². The number of anilines is 1. The smallest absolute Gasteiger partial charge is 0.220 e. The molecule has 1 aliphatic carbocycles. The normalized spacial score (nSPS) is 19.2. The van der Waals surface area contributed by atoms with Crippen LogP contribution in [0.3, 0.4) is 0 Å². The molecular weight excluding hydrogens is 329 g/mol. The number of nitrogens with zero attached hydrogens (tertiary/aromatic N) is 3. The van der Waals surface area contributed by atoms with E-state index in [4.69, 9.17) is 16.5 Å². The number of hydrogen-bond donors (Lipinski definition) is 2. The third-order valence-electron chi connectivity index (χ3n) is 5.13. The Morgan fingerprint density at radius 3 is 2.38 bits per heavy atom. The molecule has 0 bridgehead atoms. The van der Waals surface area contributed by atoms with Crippen LogP contribution in [0.4, 0.5) is 10.1 Å². The van der Waals surface area contributed by atoms with Gasteiger partial charge in [-0.05, 0) is 61.1 Å². The minimum absolute atomic E-state index is 0.246. The van der Waals surface area contributed by atoms with Gasteiger partial charge in [-0.1, -0.05) is 30.7 Å². The van der Waals surface area contributed by atoms with E-state index in [2.05, 4.69) is 4.99 Å². The van der Waals surface area contributed by atoms with E-state index in [9.17, 15) is 4.39 Å². The van der Waals surface area contributed by atoms with Crippen LogP contribution in [-0.4, -0.2) is 17.6 Å². The lowest BCUT2D eigenvalue weighted by Gasteiger charge is -2.45. The standard InChI is InChI=1S/C20H22FN5/c21-16-9-7-14(8-10-16)15-5-4-6-17(13-15)26-19(23)24-18(22)25-20(26)11-2-1-3-12-20/h4-10,13H,1-3,11-12H2,(H4,22,23,24,25). The molecule has 1 heterocycles.